The first kappa shape index (κ1) is 13.5. The Hall–Kier alpha value is -1.55. The van der Waals surface area contributed by atoms with Gasteiger partial charge in [0, 0.05) is 6.54 Å². The van der Waals surface area contributed by atoms with E-state index in [1.807, 2.05) is 19.1 Å². The molecule has 4 nitrogen and oxygen atoms in total. The Kier molecular flexibility index (Phi) is 5.49. The molecule has 0 radical (unpaired) electrons. The quantitative estimate of drug-likeness (QED) is 0.779. The molecule has 0 aliphatic rings. The number of benzene rings is 1. The predicted molar refractivity (Wildman–Crippen MR) is 66.0 cm³/mol. The molecular weight excluding hydrogens is 218 g/mol. The lowest BCUT2D eigenvalue weighted by molar-refractivity contribution is -0.122. The monoisotopic (exact) mass is 237 g/mol. The van der Waals surface area contributed by atoms with Gasteiger partial charge in [-0.05, 0) is 38.0 Å². The first-order chi connectivity index (χ1) is 8.11. The van der Waals surface area contributed by atoms with E-state index >= 15 is 0 Å². The van der Waals surface area contributed by atoms with Crippen molar-refractivity contribution in [3.63, 3.8) is 0 Å². The van der Waals surface area contributed by atoms with Gasteiger partial charge in [-0.15, -0.1) is 0 Å². The fraction of sp³-hybridized carbons (Fsp3) is 0.462. The molecule has 0 spiro atoms. The predicted octanol–water partition coefficient (Wildman–Crippen LogP) is 1.12. The Morgan fingerprint density at radius 1 is 1.41 bits per heavy atom. The maximum Gasteiger partial charge on any atom is 0.257 e. The van der Waals surface area contributed by atoms with Crippen LogP contribution in [-0.4, -0.2) is 30.3 Å². The second kappa shape index (κ2) is 6.91. The third-order valence-corrected chi connectivity index (χ3v) is 2.20. The highest BCUT2D eigenvalue weighted by Gasteiger charge is 2.02. The summed E-state index contributed by atoms with van der Waals surface area (Å²) < 4.78 is 5.31. The first-order valence-electron chi connectivity index (χ1n) is 5.78. The standard InChI is InChI=1S/C13H19NO3/c1-3-14-13(16)9-17-12-6-4-11(5-7-12)8-10(2)15/h4-7,10,15H,3,8-9H2,1-2H3,(H,14,16). The van der Waals surface area contributed by atoms with Gasteiger partial charge in [0.25, 0.3) is 5.91 Å². The number of nitrogens with one attached hydrogen (secondary N) is 1. The van der Waals surface area contributed by atoms with Gasteiger partial charge >= 0.3 is 0 Å². The van der Waals surface area contributed by atoms with Crippen LogP contribution in [0, 0.1) is 0 Å². The van der Waals surface area contributed by atoms with E-state index in [0.717, 1.165) is 5.56 Å². The molecule has 1 amide bonds. The second-order valence-corrected chi connectivity index (χ2v) is 3.94. The third-order valence-electron chi connectivity index (χ3n) is 2.20. The number of rotatable bonds is 6. The van der Waals surface area contributed by atoms with Crippen molar-refractivity contribution in [2.24, 2.45) is 0 Å². The molecule has 1 aromatic carbocycles. The Morgan fingerprint density at radius 2 is 2.06 bits per heavy atom. The average Bonchev–Trinajstić information content (AvgIpc) is 2.28. The van der Waals surface area contributed by atoms with Gasteiger partial charge in [0.15, 0.2) is 6.61 Å². The zero-order valence-electron chi connectivity index (χ0n) is 10.3. The summed E-state index contributed by atoms with van der Waals surface area (Å²) in [6, 6.07) is 7.38. The minimum Gasteiger partial charge on any atom is -0.484 e. The van der Waals surface area contributed by atoms with E-state index in [4.69, 9.17) is 4.74 Å². The summed E-state index contributed by atoms with van der Waals surface area (Å²) in [6.45, 7) is 4.25. The van der Waals surface area contributed by atoms with E-state index in [-0.39, 0.29) is 18.6 Å². The van der Waals surface area contributed by atoms with E-state index in [2.05, 4.69) is 5.32 Å². The Balaban J connectivity index is 2.42. The van der Waals surface area contributed by atoms with Crippen molar-refractivity contribution in [1.82, 2.24) is 5.32 Å². The number of carbonyl (C=O) groups is 1. The van der Waals surface area contributed by atoms with Crippen molar-refractivity contribution in [3.8, 4) is 5.75 Å². The van der Waals surface area contributed by atoms with E-state index in [0.29, 0.717) is 18.7 Å². The normalized spacial score (nSPS) is 11.9. The lowest BCUT2D eigenvalue weighted by Gasteiger charge is -2.08. The van der Waals surface area contributed by atoms with E-state index < -0.39 is 0 Å². The van der Waals surface area contributed by atoms with Crippen molar-refractivity contribution in [2.75, 3.05) is 13.2 Å². The van der Waals surface area contributed by atoms with Crippen LogP contribution in [0.2, 0.25) is 0 Å². The zero-order chi connectivity index (χ0) is 12.7. The molecule has 1 unspecified atom stereocenters. The van der Waals surface area contributed by atoms with Crippen molar-refractivity contribution >= 4 is 5.91 Å². The molecule has 2 N–H and O–H groups in total. The van der Waals surface area contributed by atoms with Gasteiger partial charge in [-0.25, -0.2) is 0 Å². The summed E-state index contributed by atoms with van der Waals surface area (Å²) in [4.78, 5) is 11.2. The number of likely N-dealkylation sites (N-methyl/N-ethyl adjacent to an activating group) is 1. The molecule has 0 fully saturated rings. The molecule has 1 aromatic rings. The molecule has 0 heterocycles. The van der Waals surface area contributed by atoms with Crippen LogP contribution >= 0.6 is 0 Å². The Bertz CT molecular complexity index is 346. The maximum absolute atomic E-state index is 11.2. The minimum absolute atomic E-state index is 0.0313. The number of carbonyl (C=O) groups excluding carboxylic acids is 1. The number of aliphatic hydroxyl groups is 1. The van der Waals surface area contributed by atoms with Gasteiger partial charge in [0.05, 0.1) is 6.10 Å². The SMILES string of the molecule is CCNC(=O)COc1ccc(CC(C)O)cc1. The number of hydrogen-bond acceptors (Lipinski definition) is 3. The maximum atomic E-state index is 11.2. The smallest absolute Gasteiger partial charge is 0.257 e. The molecule has 0 aliphatic carbocycles. The summed E-state index contributed by atoms with van der Waals surface area (Å²) >= 11 is 0. The highest BCUT2D eigenvalue weighted by molar-refractivity contribution is 5.77. The van der Waals surface area contributed by atoms with Gasteiger partial charge in [-0.2, -0.15) is 0 Å². The lowest BCUT2D eigenvalue weighted by atomic mass is 10.1. The van der Waals surface area contributed by atoms with Crippen LogP contribution in [0.5, 0.6) is 5.75 Å². The summed E-state index contributed by atoms with van der Waals surface area (Å²) in [5.41, 5.74) is 1.05. The molecule has 0 aromatic heterocycles. The Morgan fingerprint density at radius 3 is 2.59 bits per heavy atom. The van der Waals surface area contributed by atoms with E-state index in [1.54, 1.807) is 19.1 Å². The lowest BCUT2D eigenvalue weighted by Crippen LogP contribution is -2.28. The highest BCUT2D eigenvalue weighted by Crippen LogP contribution is 2.13. The summed E-state index contributed by atoms with van der Waals surface area (Å²) in [5.74, 6) is 0.533. The molecule has 0 saturated heterocycles. The van der Waals surface area contributed by atoms with E-state index in [1.165, 1.54) is 0 Å². The molecular formula is C13H19NO3. The van der Waals surface area contributed by atoms with Gasteiger partial charge in [0.1, 0.15) is 5.75 Å². The van der Waals surface area contributed by atoms with Crippen LogP contribution in [0.25, 0.3) is 0 Å². The molecule has 17 heavy (non-hydrogen) atoms. The van der Waals surface area contributed by atoms with Crippen LogP contribution in [0.3, 0.4) is 0 Å². The summed E-state index contributed by atoms with van der Waals surface area (Å²) in [5, 5.41) is 11.9. The van der Waals surface area contributed by atoms with Crippen LogP contribution in [0.1, 0.15) is 19.4 Å². The van der Waals surface area contributed by atoms with Gasteiger partial charge in [0.2, 0.25) is 0 Å². The van der Waals surface area contributed by atoms with Crippen molar-refractivity contribution < 1.29 is 14.6 Å². The van der Waals surface area contributed by atoms with Crippen molar-refractivity contribution in [3.05, 3.63) is 29.8 Å². The highest BCUT2D eigenvalue weighted by atomic mass is 16.5. The largest absolute Gasteiger partial charge is 0.484 e. The molecule has 1 atom stereocenters. The van der Waals surface area contributed by atoms with Gasteiger partial charge < -0.3 is 15.2 Å². The number of ether oxygens (including phenoxy) is 1. The third kappa shape index (κ3) is 5.36. The first-order valence-corrected chi connectivity index (χ1v) is 5.78. The second-order valence-electron chi connectivity index (χ2n) is 3.94. The summed E-state index contributed by atoms with van der Waals surface area (Å²) in [6.07, 6.45) is 0.272. The number of hydrogen-bond donors (Lipinski definition) is 2. The zero-order valence-corrected chi connectivity index (χ0v) is 10.3. The molecule has 94 valence electrons. The van der Waals surface area contributed by atoms with Crippen LogP contribution in [0.15, 0.2) is 24.3 Å². The number of aliphatic hydroxyl groups excluding tert-OH is 1. The molecule has 0 bridgehead atoms. The van der Waals surface area contributed by atoms with E-state index in [9.17, 15) is 9.90 Å². The molecule has 0 aliphatic heterocycles. The van der Waals surface area contributed by atoms with Crippen LogP contribution in [0.4, 0.5) is 0 Å². The number of amides is 1. The van der Waals surface area contributed by atoms with Crippen LogP contribution < -0.4 is 10.1 Å². The Labute approximate surface area is 102 Å². The molecule has 1 rings (SSSR count). The fourth-order valence-corrected chi connectivity index (χ4v) is 1.46. The topological polar surface area (TPSA) is 58.6 Å². The summed E-state index contributed by atoms with van der Waals surface area (Å²) in [7, 11) is 0. The average molecular weight is 237 g/mol. The van der Waals surface area contributed by atoms with Gasteiger partial charge in [-0.3, -0.25) is 4.79 Å². The van der Waals surface area contributed by atoms with Crippen LogP contribution in [-0.2, 0) is 11.2 Å². The molecule has 0 saturated carbocycles. The van der Waals surface area contributed by atoms with Crippen molar-refractivity contribution in [2.45, 2.75) is 26.4 Å². The van der Waals surface area contributed by atoms with Gasteiger partial charge in [-0.1, -0.05) is 12.1 Å². The molecule has 4 heteroatoms. The fourth-order valence-electron chi connectivity index (χ4n) is 1.46. The van der Waals surface area contributed by atoms with Crippen molar-refractivity contribution in [1.29, 1.82) is 0 Å². The minimum atomic E-state index is -0.350.